The lowest BCUT2D eigenvalue weighted by molar-refractivity contribution is 0.230. The zero-order valence-electron chi connectivity index (χ0n) is 15.3. The molecule has 0 spiro atoms. The van der Waals surface area contributed by atoms with Crippen LogP contribution < -0.4 is 10.2 Å². The summed E-state index contributed by atoms with van der Waals surface area (Å²) in [6, 6.07) is 0.748. The van der Waals surface area contributed by atoms with E-state index < -0.39 is 0 Å². The average Bonchev–Trinajstić information content (AvgIpc) is 3.28. The Morgan fingerprint density at radius 2 is 1.76 bits per heavy atom. The van der Waals surface area contributed by atoms with Crippen molar-refractivity contribution in [3.05, 3.63) is 17.1 Å². The zero-order valence-corrected chi connectivity index (χ0v) is 15.3. The number of rotatable bonds is 2. The first kappa shape index (κ1) is 16.0. The molecule has 2 saturated heterocycles. The van der Waals surface area contributed by atoms with Crippen LogP contribution in [-0.2, 0) is 12.8 Å². The first-order valence-corrected chi connectivity index (χ1v) is 10.5. The van der Waals surface area contributed by atoms with Crippen LogP contribution in [0.4, 0.5) is 5.82 Å². The monoisotopic (exact) mass is 341 g/mol. The highest BCUT2D eigenvalue weighted by atomic mass is 15.3. The molecule has 0 aromatic carbocycles. The second kappa shape index (κ2) is 6.84. The molecule has 1 aromatic rings. The number of anilines is 1. The summed E-state index contributed by atoms with van der Waals surface area (Å²) in [5.74, 6) is 3.05. The van der Waals surface area contributed by atoms with E-state index in [9.17, 15) is 0 Å². The molecule has 1 aromatic heterocycles. The highest BCUT2D eigenvalue weighted by Gasteiger charge is 2.33. The molecule has 1 atom stereocenters. The van der Waals surface area contributed by atoms with E-state index in [1.807, 2.05) is 0 Å². The summed E-state index contributed by atoms with van der Waals surface area (Å²) in [6.45, 7) is 6.94. The molecule has 5 nitrogen and oxygen atoms in total. The van der Waals surface area contributed by atoms with E-state index in [2.05, 4.69) is 15.1 Å². The lowest BCUT2D eigenvalue weighted by Crippen LogP contribution is -2.50. The largest absolute Gasteiger partial charge is 0.353 e. The summed E-state index contributed by atoms with van der Waals surface area (Å²) in [7, 11) is 0. The summed E-state index contributed by atoms with van der Waals surface area (Å²) in [6.07, 6.45) is 10.2. The van der Waals surface area contributed by atoms with Gasteiger partial charge in [0.1, 0.15) is 11.6 Å². The maximum Gasteiger partial charge on any atom is 0.135 e. The molecule has 4 heterocycles. The Balaban J connectivity index is 1.50. The Morgan fingerprint density at radius 3 is 2.68 bits per heavy atom. The third-order valence-corrected chi connectivity index (χ3v) is 6.79. The van der Waals surface area contributed by atoms with Crippen molar-refractivity contribution >= 4 is 5.82 Å². The average molecular weight is 342 g/mol. The molecule has 0 bridgehead atoms. The van der Waals surface area contributed by atoms with Gasteiger partial charge < -0.3 is 10.2 Å². The van der Waals surface area contributed by atoms with Gasteiger partial charge in [-0.15, -0.1) is 0 Å². The number of aromatic nitrogens is 2. The minimum absolute atomic E-state index is 0.605. The van der Waals surface area contributed by atoms with Gasteiger partial charge in [0.25, 0.3) is 0 Å². The lowest BCUT2D eigenvalue weighted by Gasteiger charge is -2.39. The first-order chi connectivity index (χ1) is 12.4. The molecule has 3 aliphatic heterocycles. The molecular formula is C20H31N5. The second-order valence-corrected chi connectivity index (χ2v) is 8.34. The van der Waals surface area contributed by atoms with E-state index >= 15 is 0 Å². The van der Waals surface area contributed by atoms with E-state index in [1.165, 1.54) is 75.2 Å². The maximum absolute atomic E-state index is 5.22. The summed E-state index contributed by atoms with van der Waals surface area (Å²) in [4.78, 5) is 15.6. The number of hydrogen-bond acceptors (Lipinski definition) is 5. The summed E-state index contributed by atoms with van der Waals surface area (Å²) in [5.41, 5.74) is 2.78. The molecule has 5 rings (SSSR count). The summed E-state index contributed by atoms with van der Waals surface area (Å²) < 4.78 is 0. The molecule has 0 amide bonds. The minimum atomic E-state index is 0.605. The molecule has 1 aliphatic carbocycles. The van der Waals surface area contributed by atoms with Crippen molar-refractivity contribution in [2.75, 3.05) is 44.2 Å². The van der Waals surface area contributed by atoms with Crippen LogP contribution in [0.15, 0.2) is 0 Å². The van der Waals surface area contributed by atoms with Gasteiger partial charge in [-0.1, -0.05) is 12.8 Å². The van der Waals surface area contributed by atoms with Crippen LogP contribution in [0.3, 0.4) is 0 Å². The highest BCUT2D eigenvalue weighted by Crippen LogP contribution is 2.35. The van der Waals surface area contributed by atoms with Crippen LogP contribution in [0.2, 0.25) is 0 Å². The number of nitrogens with zero attached hydrogens (tertiary/aromatic N) is 4. The quantitative estimate of drug-likeness (QED) is 0.892. The van der Waals surface area contributed by atoms with Gasteiger partial charge in [0.2, 0.25) is 0 Å². The molecule has 1 unspecified atom stereocenters. The SMILES string of the molecule is C1CCC(c2nc3c(c(N4CCN5CCCC5C4)n2)CCNCC3)C1. The van der Waals surface area contributed by atoms with E-state index in [-0.39, 0.29) is 0 Å². The van der Waals surface area contributed by atoms with Crippen LogP contribution in [-0.4, -0.2) is 60.2 Å². The third kappa shape index (κ3) is 3.06. The van der Waals surface area contributed by atoms with Crippen LogP contribution >= 0.6 is 0 Å². The number of piperazine rings is 1. The molecule has 25 heavy (non-hydrogen) atoms. The standard InChI is InChI=1S/C20H31N5/c1-2-5-15(4-1)19-22-18-8-10-21-9-7-17(18)20(23-19)25-13-12-24-11-3-6-16(24)14-25/h15-16,21H,1-14H2. The Hall–Kier alpha value is -1.20. The van der Waals surface area contributed by atoms with Gasteiger partial charge >= 0.3 is 0 Å². The topological polar surface area (TPSA) is 44.3 Å². The zero-order chi connectivity index (χ0) is 16.6. The Labute approximate surface area is 151 Å². The number of fused-ring (bicyclic) bond motifs is 2. The van der Waals surface area contributed by atoms with Crippen molar-refractivity contribution in [3.63, 3.8) is 0 Å². The normalized spacial score (nSPS) is 28.0. The van der Waals surface area contributed by atoms with Crippen molar-refractivity contribution < 1.29 is 0 Å². The molecule has 136 valence electrons. The van der Waals surface area contributed by atoms with Gasteiger partial charge in [0.15, 0.2) is 0 Å². The molecule has 1 saturated carbocycles. The van der Waals surface area contributed by atoms with Gasteiger partial charge in [-0.2, -0.15) is 0 Å². The molecule has 0 radical (unpaired) electrons. The van der Waals surface area contributed by atoms with E-state index in [4.69, 9.17) is 9.97 Å². The van der Waals surface area contributed by atoms with Crippen molar-refractivity contribution in [1.29, 1.82) is 0 Å². The Bertz CT molecular complexity index is 625. The van der Waals surface area contributed by atoms with Crippen LogP contribution in [0.1, 0.15) is 61.5 Å². The van der Waals surface area contributed by atoms with Crippen molar-refractivity contribution in [2.45, 2.75) is 63.3 Å². The van der Waals surface area contributed by atoms with Crippen molar-refractivity contribution in [2.24, 2.45) is 0 Å². The molecule has 5 heteroatoms. The highest BCUT2D eigenvalue weighted by molar-refractivity contribution is 5.51. The maximum atomic E-state index is 5.22. The molecule has 4 aliphatic rings. The minimum Gasteiger partial charge on any atom is -0.353 e. The van der Waals surface area contributed by atoms with Crippen molar-refractivity contribution in [3.8, 4) is 0 Å². The van der Waals surface area contributed by atoms with E-state index in [0.717, 1.165) is 44.3 Å². The second-order valence-electron chi connectivity index (χ2n) is 8.34. The van der Waals surface area contributed by atoms with Crippen LogP contribution in [0.5, 0.6) is 0 Å². The van der Waals surface area contributed by atoms with Gasteiger partial charge in [-0.05, 0) is 45.2 Å². The number of nitrogens with one attached hydrogen (secondary N) is 1. The van der Waals surface area contributed by atoms with Gasteiger partial charge in [0, 0.05) is 50.1 Å². The number of hydrogen-bond donors (Lipinski definition) is 1. The van der Waals surface area contributed by atoms with E-state index in [0.29, 0.717) is 5.92 Å². The van der Waals surface area contributed by atoms with Gasteiger partial charge in [-0.3, -0.25) is 4.90 Å². The van der Waals surface area contributed by atoms with Gasteiger partial charge in [-0.25, -0.2) is 9.97 Å². The fraction of sp³-hybridized carbons (Fsp3) is 0.800. The first-order valence-electron chi connectivity index (χ1n) is 10.5. The molecule has 3 fully saturated rings. The summed E-state index contributed by atoms with van der Waals surface area (Å²) >= 11 is 0. The fourth-order valence-corrected chi connectivity index (χ4v) is 5.36. The molecule has 1 N–H and O–H groups in total. The smallest absolute Gasteiger partial charge is 0.135 e. The predicted octanol–water partition coefficient (Wildman–Crippen LogP) is 2.11. The van der Waals surface area contributed by atoms with Gasteiger partial charge in [0.05, 0.1) is 5.69 Å². The predicted molar refractivity (Wildman–Crippen MR) is 100 cm³/mol. The molecular weight excluding hydrogens is 310 g/mol. The third-order valence-electron chi connectivity index (χ3n) is 6.79. The Kier molecular flexibility index (Phi) is 4.38. The fourth-order valence-electron chi connectivity index (χ4n) is 5.36. The van der Waals surface area contributed by atoms with E-state index in [1.54, 1.807) is 0 Å². The Morgan fingerprint density at radius 1 is 0.880 bits per heavy atom. The summed E-state index contributed by atoms with van der Waals surface area (Å²) in [5, 5.41) is 3.56. The lowest BCUT2D eigenvalue weighted by atomic mass is 10.0. The van der Waals surface area contributed by atoms with Crippen molar-refractivity contribution in [1.82, 2.24) is 20.2 Å². The van der Waals surface area contributed by atoms with Crippen LogP contribution in [0, 0.1) is 0 Å². The van der Waals surface area contributed by atoms with Crippen LogP contribution in [0.25, 0.3) is 0 Å².